The highest BCUT2D eigenvalue weighted by Gasteiger charge is 2.07. The zero-order valence-corrected chi connectivity index (χ0v) is 6.43. The van der Waals surface area contributed by atoms with Crippen molar-refractivity contribution in [1.29, 1.82) is 0 Å². The highest BCUT2D eigenvalue weighted by atomic mass is 16.7. The van der Waals surface area contributed by atoms with Crippen LogP contribution in [0.5, 0.6) is 0 Å². The number of carbonyl (C=O) groups excluding carboxylic acids is 2. The minimum atomic E-state index is -0.954. The third-order valence-corrected chi connectivity index (χ3v) is 1.04. The first kappa shape index (κ1) is 8.91. The third-order valence-electron chi connectivity index (χ3n) is 1.04. The molecule has 0 unspecified atom stereocenters. The number of carbonyl (C=O) groups is 2. The Morgan fingerprint density at radius 2 is 2.00 bits per heavy atom. The summed E-state index contributed by atoms with van der Waals surface area (Å²) in [4.78, 5) is 32.5. The number of hydrogen-bond acceptors (Lipinski definition) is 5. The molecule has 3 N–H and O–H groups in total. The first-order valence-electron chi connectivity index (χ1n) is 3.22. The molecule has 2 amide bonds. The molecule has 0 atom stereocenters. The van der Waals surface area contributed by atoms with Crippen molar-refractivity contribution in [2.45, 2.75) is 0 Å². The number of urea groups is 1. The molecule has 1 aromatic heterocycles. The lowest BCUT2D eigenvalue weighted by Gasteiger charge is -2.00. The average Bonchev–Trinajstić information content (AvgIpc) is 2.15. The molecule has 0 aromatic carbocycles. The quantitative estimate of drug-likeness (QED) is 0.554. The standard InChI is InChI=1S/C6H6N4O3/c7-6(12)10-13-5(11)4-1-8-3-9-2-4/h1-3H,(H3,7,10,12). The summed E-state index contributed by atoms with van der Waals surface area (Å²) in [5.74, 6) is -0.778. The largest absolute Gasteiger partial charge is 0.366 e. The van der Waals surface area contributed by atoms with Crippen LogP contribution in [0.15, 0.2) is 18.7 Å². The number of nitrogens with one attached hydrogen (secondary N) is 1. The van der Waals surface area contributed by atoms with Gasteiger partial charge >= 0.3 is 12.0 Å². The lowest BCUT2D eigenvalue weighted by atomic mass is 10.4. The lowest BCUT2D eigenvalue weighted by molar-refractivity contribution is 0.0334. The molecule has 1 rings (SSSR count). The molecule has 0 aliphatic carbocycles. The summed E-state index contributed by atoms with van der Waals surface area (Å²) in [6.45, 7) is 0. The summed E-state index contributed by atoms with van der Waals surface area (Å²) in [7, 11) is 0. The number of rotatable bonds is 1. The zero-order valence-electron chi connectivity index (χ0n) is 6.43. The van der Waals surface area contributed by atoms with E-state index in [4.69, 9.17) is 0 Å². The summed E-state index contributed by atoms with van der Waals surface area (Å²) in [6, 6.07) is -0.954. The van der Waals surface area contributed by atoms with Gasteiger partial charge < -0.3 is 10.6 Å². The summed E-state index contributed by atoms with van der Waals surface area (Å²) in [6.07, 6.45) is 3.76. The van der Waals surface area contributed by atoms with Crippen LogP contribution in [-0.4, -0.2) is 22.0 Å². The SMILES string of the molecule is NC(=O)NOC(=O)c1cncnc1. The maximum Gasteiger partial charge on any atom is 0.366 e. The molecule has 0 aliphatic heterocycles. The Kier molecular flexibility index (Phi) is 2.74. The van der Waals surface area contributed by atoms with Crippen molar-refractivity contribution >= 4 is 12.0 Å². The van der Waals surface area contributed by atoms with Crippen molar-refractivity contribution < 1.29 is 14.4 Å². The number of aromatic nitrogens is 2. The van der Waals surface area contributed by atoms with E-state index in [1.165, 1.54) is 18.7 Å². The van der Waals surface area contributed by atoms with Gasteiger partial charge in [-0.2, -0.15) is 5.48 Å². The minimum Gasteiger partial charge on any atom is -0.349 e. The van der Waals surface area contributed by atoms with E-state index in [1.54, 1.807) is 5.48 Å². The fourth-order valence-corrected chi connectivity index (χ4v) is 0.560. The van der Waals surface area contributed by atoms with Gasteiger partial charge in [0.1, 0.15) is 6.33 Å². The highest BCUT2D eigenvalue weighted by Crippen LogP contribution is 1.94. The summed E-state index contributed by atoms with van der Waals surface area (Å²) in [5.41, 5.74) is 6.46. The van der Waals surface area contributed by atoms with Gasteiger partial charge in [0.2, 0.25) is 0 Å². The van der Waals surface area contributed by atoms with Crippen molar-refractivity contribution in [1.82, 2.24) is 15.4 Å². The lowest BCUT2D eigenvalue weighted by Crippen LogP contribution is -2.31. The van der Waals surface area contributed by atoms with E-state index >= 15 is 0 Å². The van der Waals surface area contributed by atoms with Crippen LogP contribution in [0.3, 0.4) is 0 Å². The number of primary amides is 1. The molecule has 0 saturated carbocycles. The van der Waals surface area contributed by atoms with Gasteiger partial charge in [0, 0.05) is 12.4 Å². The molecular weight excluding hydrogens is 176 g/mol. The van der Waals surface area contributed by atoms with Gasteiger partial charge in [-0.3, -0.25) is 0 Å². The minimum absolute atomic E-state index is 0.122. The van der Waals surface area contributed by atoms with Crippen LogP contribution in [0.25, 0.3) is 0 Å². The number of amides is 2. The van der Waals surface area contributed by atoms with E-state index in [2.05, 4.69) is 20.5 Å². The summed E-state index contributed by atoms with van der Waals surface area (Å²) < 4.78 is 0. The second kappa shape index (κ2) is 4.00. The Labute approximate surface area is 72.9 Å². The molecule has 1 heterocycles. The van der Waals surface area contributed by atoms with Crippen molar-refractivity contribution in [2.24, 2.45) is 5.73 Å². The van der Waals surface area contributed by atoms with Gasteiger partial charge in [0.15, 0.2) is 0 Å². The smallest absolute Gasteiger partial charge is 0.349 e. The maximum atomic E-state index is 11.0. The molecule has 0 radical (unpaired) electrons. The highest BCUT2D eigenvalue weighted by molar-refractivity contribution is 5.89. The monoisotopic (exact) mass is 182 g/mol. The van der Waals surface area contributed by atoms with E-state index in [0.29, 0.717) is 0 Å². The Morgan fingerprint density at radius 3 is 2.54 bits per heavy atom. The third kappa shape index (κ3) is 2.73. The van der Waals surface area contributed by atoms with Gasteiger partial charge in [0.05, 0.1) is 5.56 Å². The Morgan fingerprint density at radius 1 is 1.38 bits per heavy atom. The molecule has 7 nitrogen and oxygen atoms in total. The first-order chi connectivity index (χ1) is 6.20. The zero-order chi connectivity index (χ0) is 9.68. The Bertz CT molecular complexity index is 313. The van der Waals surface area contributed by atoms with Crippen LogP contribution in [0.1, 0.15) is 10.4 Å². The fourth-order valence-electron chi connectivity index (χ4n) is 0.560. The van der Waals surface area contributed by atoms with E-state index in [-0.39, 0.29) is 5.56 Å². The molecule has 0 fully saturated rings. The second-order valence-electron chi connectivity index (χ2n) is 1.98. The predicted octanol–water partition coefficient (Wildman–Crippen LogP) is -0.783. The van der Waals surface area contributed by atoms with Gasteiger partial charge in [-0.25, -0.2) is 19.6 Å². The van der Waals surface area contributed by atoms with Crippen LogP contribution in [-0.2, 0) is 4.84 Å². The predicted molar refractivity (Wildman–Crippen MR) is 40.2 cm³/mol. The first-order valence-corrected chi connectivity index (χ1v) is 3.22. The maximum absolute atomic E-state index is 11.0. The molecule has 7 heteroatoms. The van der Waals surface area contributed by atoms with Crippen molar-refractivity contribution in [3.63, 3.8) is 0 Å². The Hall–Kier alpha value is -2.18. The molecule has 0 saturated heterocycles. The van der Waals surface area contributed by atoms with E-state index in [9.17, 15) is 9.59 Å². The normalized spacial score (nSPS) is 8.92. The summed E-state index contributed by atoms with van der Waals surface area (Å²) in [5, 5.41) is 0. The van der Waals surface area contributed by atoms with Gasteiger partial charge in [-0.05, 0) is 0 Å². The van der Waals surface area contributed by atoms with Gasteiger partial charge in [-0.1, -0.05) is 0 Å². The number of hydroxylamine groups is 1. The molecular formula is C6H6N4O3. The van der Waals surface area contributed by atoms with Crippen LogP contribution < -0.4 is 11.2 Å². The van der Waals surface area contributed by atoms with Crippen molar-refractivity contribution in [3.8, 4) is 0 Å². The molecule has 0 spiro atoms. The van der Waals surface area contributed by atoms with Crippen LogP contribution in [0, 0.1) is 0 Å². The van der Waals surface area contributed by atoms with E-state index < -0.39 is 12.0 Å². The molecule has 1 aromatic rings. The van der Waals surface area contributed by atoms with Crippen molar-refractivity contribution in [2.75, 3.05) is 0 Å². The van der Waals surface area contributed by atoms with Crippen LogP contribution in [0.2, 0.25) is 0 Å². The van der Waals surface area contributed by atoms with Crippen LogP contribution in [0.4, 0.5) is 4.79 Å². The molecule has 0 aliphatic rings. The topological polar surface area (TPSA) is 107 Å². The molecule has 68 valence electrons. The second-order valence-corrected chi connectivity index (χ2v) is 1.98. The van der Waals surface area contributed by atoms with Gasteiger partial charge in [0.25, 0.3) is 0 Å². The van der Waals surface area contributed by atoms with Crippen LogP contribution >= 0.6 is 0 Å². The van der Waals surface area contributed by atoms with Crippen molar-refractivity contribution in [3.05, 3.63) is 24.3 Å². The van der Waals surface area contributed by atoms with Gasteiger partial charge in [-0.15, -0.1) is 0 Å². The van der Waals surface area contributed by atoms with E-state index in [1.807, 2.05) is 0 Å². The molecule has 0 bridgehead atoms. The Balaban J connectivity index is 2.54. The number of nitrogens with two attached hydrogens (primary N) is 1. The summed E-state index contributed by atoms with van der Waals surface area (Å²) >= 11 is 0. The van der Waals surface area contributed by atoms with E-state index in [0.717, 1.165) is 0 Å². The number of nitrogens with zero attached hydrogens (tertiary/aromatic N) is 2. The average molecular weight is 182 g/mol. The number of hydrogen-bond donors (Lipinski definition) is 2. The fraction of sp³-hybridized carbons (Fsp3) is 0. The molecule has 13 heavy (non-hydrogen) atoms.